The molecule has 31 heavy (non-hydrogen) atoms. The van der Waals surface area contributed by atoms with E-state index in [4.69, 9.17) is 9.47 Å². The van der Waals surface area contributed by atoms with Crippen LogP contribution in [-0.2, 0) is 9.59 Å². The number of anilines is 1. The van der Waals surface area contributed by atoms with Crippen LogP contribution in [0.1, 0.15) is 42.1 Å². The summed E-state index contributed by atoms with van der Waals surface area (Å²) in [6, 6.07) is 12.1. The minimum atomic E-state index is -0.473. The van der Waals surface area contributed by atoms with E-state index in [2.05, 4.69) is 10.7 Å². The van der Waals surface area contributed by atoms with Gasteiger partial charge in [-0.15, -0.1) is 11.8 Å². The second-order valence-corrected chi connectivity index (χ2v) is 8.30. The summed E-state index contributed by atoms with van der Waals surface area (Å²) >= 11 is 1.45. The molecule has 2 aromatic rings. The molecular weight excluding hydrogens is 418 g/mol. The molecule has 0 bridgehead atoms. The number of hydrazine groups is 1. The van der Waals surface area contributed by atoms with Crippen LogP contribution in [0.3, 0.4) is 0 Å². The molecule has 2 aromatic carbocycles. The van der Waals surface area contributed by atoms with E-state index in [0.717, 1.165) is 5.56 Å². The van der Waals surface area contributed by atoms with Crippen molar-refractivity contribution in [3.8, 4) is 11.5 Å². The highest BCUT2D eigenvalue weighted by Gasteiger charge is 2.40. The van der Waals surface area contributed by atoms with Crippen LogP contribution >= 0.6 is 11.8 Å². The third kappa shape index (κ3) is 5.11. The van der Waals surface area contributed by atoms with Gasteiger partial charge < -0.3 is 14.8 Å². The fourth-order valence-electron chi connectivity index (χ4n) is 3.17. The van der Waals surface area contributed by atoms with Gasteiger partial charge in [0.2, 0.25) is 5.91 Å². The van der Waals surface area contributed by atoms with Gasteiger partial charge in [-0.05, 0) is 43.7 Å². The lowest BCUT2D eigenvalue weighted by Crippen LogP contribution is -2.45. The van der Waals surface area contributed by atoms with Gasteiger partial charge in [0, 0.05) is 18.7 Å². The van der Waals surface area contributed by atoms with E-state index in [9.17, 15) is 14.4 Å². The third-order valence-electron chi connectivity index (χ3n) is 4.62. The van der Waals surface area contributed by atoms with Crippen LogP contribution in [0, 0.1) is 0 Å². The molecule has 0 spiro atoms. The van der Waals surface area contributed by atoms with E-state index < -0.39 is 5.91 Å². The first kappa shape index (κ1) is 22.5. The highest BCUT2D eigenvalue weighted by Crippen LogP contribution is 2.42. The van der Waals surface area contributed by atoms with E-state index in [1.165, 1.54) is 23.7 Å². The van der Waals surface area contributed by atoms with Crippen LogP contribution in [0.4, 0.5) is 5.69 Å². The quantitative estimate of drug-likeness (QED) is 0.681. The molecule has 8 nitrogen and oxygen atoms in total. The molecule has 0 radical (unpaired) electrons. The first-order valence-corrected chi connectivity index (χ1v) is 10.8. The molecule has 164 valence electrons. The zero-order chi connectivity index (χ0) is 22.5. The van der Waals surface area contributed by atoms with Gasteiger partial charge in [0.1, 0.15) is 16.9 Å². The van der Waals surface area contributed by atoms with E-state index in [0.29, 0.717) is 23.8 Å². The zero-order valence-electron chi connectivity index (χ0n) is 17.8. The van der Waals surface area contributed by atoms with E-state index in [1.807, 2.05) is 31.2 Å². The van der Waals surface area contributed by atoms with E-state index in [-0.39, 0.29) is 28.0 Å². The Hall–Kier alpha value is -3.20. The average molecular weight is 444 g/mol. The Morgan fingerprint density at radius 3 is 2.48 bits per heavy atom. The molecule has 9 heteroatoms. The molecule has 3 rings (SSSR count). The van der Waals surface area contributed by atoms with Crippen LogP contribution < -0.4 is 20.2 Å². The molecule has 1 aliphatic heterocycles. The summed E-state index contributed by atoms with van der Waals surface area (Å²) in [7, 11) is 1.59. The molecule has 1 heterocycles. The van der Waals surface area contributed by atoms with Crippen molar-refractivity contribution in [1.29, 1.82) is 0 Å². The molecule has 1 saturated heterocycles. The maximum atomic E-state index is 13.1. The minimum absolute atomic E-state index is 0.188. The number of hydrogen-bond acceptors (Lipinski definition) is 6. The fourth-order valence-corrected chi connectivity index (χ4v) is 4.38. The molecule has 2 atom stereocenters. The van der Waals surface area contributed by atoms with Crippen molar-refractivity contribution in [3.05, 3.63) is 53.6 Å². The number of ether oxygens (including phenoxy) is 2. The zero-order valence-corrected chi connectivity index (χ0v) is 18.6. The van der Waals surface area contributed by atoms with Gasteiger partial charge in [0.15, 0.2) is 0 Å². The summed E-state index contributed by atoms with van der Waals surface area (Å²) in [4.78, 5) is 37.1. The first-order valence-electron chi connectivity index (χ1n) is 9.82. The van der Waals surface area contributed by atoms with Crippen LogP contribution in [0.5, 0.6) is 11.5 Å². The van der Waals surface area contributed by atoms with Crippen molar-refractivity contribution >= 4 is 35.2 Å². The minimum Gasteiger partial charge on any atom is -0.497 e. The Kier molecular flexibility index (Phi) is 7.06. The maximum Gasteiger partial charge on any atom is 0.273 e. The van der Waals surface area contributed by atoms with Crippen molar-refractivity contribution in [2.75, 3.05) is 19.0 Å². The molecular formula is C22H25N3O5S. The van der Waals surface area contributed by atoms with Crippen molar-refractivity contribution < 1.29 is 23.9 Å². The second-order valence-electron chi connectivity index (χ2n) is 6.88. The number of rotatable bonds is 7. The molecule has 2 N–H and O–H groups in total. The van der Waals surface area contributed by atoms with E-state index in [1.54, 1.807) is 32.2 Å². The number of benzene rings is 2. The normalized spacial score (nSPS) is 17.9. The number of methoxy groups -OCH3 is 1. The predicted octanol–water partition coefficient (Wildman–Crippen LogP) is 3.36. The van der Waals surface area contributed by atoms with Crippen molar-refractivity contribution in [3.63, 3.8) is 0 Å². The summed E-state index contributed by atoms with van der Waals surface area (Å²) in [5.74, 6) is 0.143. The van der Waals surface area contributed by atoms with Crippen LogP contribution in [0.2, 0.25) is 0 Å². The Labute approximate surface area is 185 Å². The largest absolute Gasteiger partial charge is 0.497 e. The summed E-state index contributed by atoms with van der Waals surface area (Å²) < 4.78 is 10.8. The predicted molar refractivity (Wildman–Crippen MR) is 119 cm³/mol. The van der Waals surface area contributed by atoms with Gasteiger partial charge in [0.25, 0.3) is 11.8 Å². The Balaban J connectivity index is 1.85. The van der Waals surface area contributed by atoms with Gasteiger partial charge in [-0.3, -0.25) is 19.8 Å². The fraction of sp³-hybridized carbons (Fsp3) is 0.318. The second kappa shape index (κ2) is 9.74. The number of carbonyl (C=O) groups excluding carboxylic acids is 3. The number of amides is 3. The number of carbonyl (C=O) groups is 3. The lowest BCUT2D eigenvalue weighted by atomic mass is 10.1. The molecule has 1 fully saturated rings. The molecule has 0 saturated carbocycles. The number of hydrogen-bond donors (Lipinski definition) is 2. The van der Waals surface area contributed by atoms with Gasteiger partial charge >= 0.3 is 0 Å². The standard InChI is InChI=1S/C22H25N3O5S/c1-5-30-19-12-16(23-14(3)26)8-11-18(19)20(27)24-25-21(28)13(2)31-22(25)15-6-9-17(29-4)10-7-15/h6-13,22H,5H2,1-4H3,(H,23,26)(H,24,27)/t13-,22-/m0/s1. The van der Waals surface area contributed by atoms with E-state index >= 15 is 0 Å². The van der Waals surface area contributed by atoms with Gasteiger partial charge in [-0.25, -0.2) is 5.01 Å². The van der Waals surface area contributed by atoms with Gasteiger partial charge in [-0.1, -0.05) is 12.1 Å². The van der Waals surface area contributed by atoms with Gasteiger partial charge in [0.05, 0.1) is 24.5 Å². The van der Waals surface area contributed by atoms with Crippen LogP contribution in [-0.4, -0.2) is 41.7 Å². The summed E-state index contributed by atoms with van der Waals surface area (Å²) in [5, 5.41) is 3.35. The Bertz CT molecular complexity index is 980. The van der Waals surface area contributed by atoms with Crippen molar-refractivity contribution in [1.82, 2.24) is 10.4 Å². The number of nitrogens with one attached hydrogen (secondary N) is 2. The van der Waals surface area contributed by atoms with Crippen molar-refractivity contribution in [2.45, 2.75) is 31.4 Å². The number of thioether (sulfide) groups is 1. The summed E-state index contributed by atoms with van der Waals surface area (Å²) in [6.45, 7) is 5.35. The topological polar surface area (TPSA) is 97.0 Å². The van der Waals surface area contributed by atoms with Crippen molar-refractivity contribution in [2.24, 2.45) is 0 Å². The summed E-state index contributed by atoms with van der Waals surface area (Å²) in [5.41, 5.74) is 4.39. The molecule has 0 unspecified atom stereocenters. The monoisotopic (exact) mass is 443 g/mol. The molecule has 1 aliphatic rings. The SMILES string of the molecule is CCOc1cc(NC(C)=O)ccc1C(=O)NN1C(=O)[C@H](C)S[C@H]1c1ccc(OC)cc1. The first-order chi connectivity index (χ1) is 14.8. The van der Waals surface area contributed by atoms with Crippen LogP contribution in [0.15, 0.2) is 42.5 Å². The van der Waals surface area contributed by atoms with Crippen LogP contribution in [0.25, 0.3) is 0 Å². The highest BCUT2D eigenvalue weighted by molar-refractivity contribution is 8.01. The molecule has 0 aliphatic carbocycles. The Morgan fingerprint density at radius 1 is 1.16 bits per heavy atom. The maximum absolute atomic E-state index is 13.1. The molecule has 3 amide bonds. The Morgan fingerprint density at radius 2 is 1.87 bits per heavy atom. The summed E-state index contributed by atoms with van der Waals surface area (Å²) in [6.07, 6.45) is 0. The smallest absolute Gasteiger partial charge is 0.273 e. The van der Waals surface area contributed by atoms with Gasteiger partial charge in [-0.2, -0.15) is 0 Å². The molecule has 0 aromatic heterocycles. The lowest BCUT2D eigenvalue weighted by molar-refractivity contribution is -0.132. The lowest BCUT2D eigenvalue weighted by Gasteiger charge is -2.25. The average Bonchev–Trinajstić information content (AvgIpc) is 3.02. The highest BCUT2D eigenvalue weighted by atomic mass is 32.2. The third-order valence-corrected chi connectivity index (χ3v) is 5.97. The number of nitrogens with zero attached hydrogens (tertiary/aromatic N) is 1.